The summed E-state index contributed by atoms with van der Waals surface area (Å²) in [7, 11) is 0. The summed E-state index contributed by atoms with van der Waals surface area (Å²) in [6, 6.07) is 15.6. The van der Waals surface area contributed by atoms with Crippen LogP contribution in [0.15, 0.2) is 63.7 Å². The number of fused-ring (bicyclic) bond motifs is 1. The molecule has 0 N–H and O–H groups in total. The van der Waals surface area contributed by atoms with Crippen molar-refractivity contribution < 1.29 is 4.74 Å². The maximum atomic E-state index is 5.85. The molecule has 19 heavy (non-hydrogen) atoms. The molecule has 0 radical (unpaired) electrons. The van der Waals surface area contributed by atoms with Gasteiger partial charge in [0.2, 0.25) is 5.88 Å². The van der Waals surface area contributed by atoms with Crippen molar-refractivity contribution in [3.8, 4) is 11.6 Å². The van der Waals surface area contributed by atoms with Gasteiger partial charge in [-0.2, -0.15) is 0 Å². The van der Waals surface area contributed by atoms with Crippen LogP contribution in [-0.2, 0) is 0 Å². The van der Waals surface area contributed by atoms with Crippen molar-refractivity contribution >= 4 is 42.6 Å². The minimum absolute atomic E-state index is 0.612. The molecular weight excluding hydrogens is 370 g/mol. The summed E-state index contributed by atoms with van der Waals surface area (Å²) >= 11 is 6.94. The molecule has 0 aliphatic heterocycles. The van der Waals surface area contributed by atoms with Gasteiger partial charge in [-0.25, -0.2) is 4.98 Å². The minimum atomic E-state index is 0.612. The third-order valence-electron chi connectivity index (χ3n) is 2.74. The molecule has 0 unspecified atom stereocenters. The fraction of sp³-hybridized carbons (Fsp3) is 0. The van der Waals surface area contributed by atoms with Crippen molar-refractivity contribution in [3.05, 3.63) is 63.7 Å². The largest absolute Gasteiger partial charge is 0.438 e. The Hall–Kier alpha value is -1.39. The number of aromatic nitrogens is 1. The van der Waals surface area contributed by atoms with Gasteiger partial charge in [0, 0.05) is 25.9 Å². The zero-order valence-corrected chi connectivity index (χ0v) is 13.0. The van der Waals surface area contributed by atoms with Gasteiger partial charge in [-0.05, 0) is 42.5 Å². The van der Waals surface area contributed by atoms with Crippen molar-refractivity contribution in [2.24, 2.45) is 0 Å². The number of pyridine rings is 1. The van der Waals surface area contributed by atoms with E-state index in [1.54, 1.807) is 6.20 Å². The molecule has 0 aliphatic rings. The second-order valence-corrected chi connectivity index (χ2v) is 5.78. The fourth-order valence-corrected chi connectivity index (χ4v) is 2.60. The Morgan fingerprint density at radius 1 is 0.842 bits per heavy atom. The van der Waals surface area contributed by atoms with E-state index in [-0.39, 0.29) is 0 Å². The number of rotatable bonds is 2. The van der Waals surface area contributed by atoms with Gasteiger partial charge in [0.15, 0.2) is 0 Å². The van der Waals surface area contributed by atoms with Gasteiger partial charge in [0.1, 0.15) is 5.75 Å². The second-order valence-electron chi connectivity index (χ2n) is 4.01. The smallest absolute Gasteiger partial charge is 0.227 e. The lowest BCUT2D eigenvalue weighted by Crippen LogP contribution is -1.89. The Morgan fingerprint density at radius 2 is 1.63 bits per heavy atom. The maximum Gasteiger partial charge on any atom is 0.227 e. The van der Waals surface area contributed by atoms with E-state index in [0.29, 0.717) is 5.88 Å². The molecular formula is C15H9Br2NO. The highest BCUT2D eigenvalue weighted by molar-refractivity contribution is 9.11. The molecule has 0 saturated heterocycles. The van der Waals surface area contributed by atoms with Gasteiger partial charge in [-0.15, -0.1) is 0 Å². The van der Waals surface area contributed by atoms with Gasteiger partial charge in [-0.3, -0.25) is 0 Å². The average molecular weight is 379 g/mol. The number of ether oxygens (including phenoxy) is 1. The van der Waals surface area contributed by atoms with Gasteiger partial charge >= 0.3 is 0 Å². The third-order valence-corrected chi connectivity index (χ3v) is 3.96. The van der Waals surface area contributed by atoms with E-state index in [4.69, 9.17) is 4.74 Å². The highest BCUT2D eigenvalue weighted by Gasteiger charge is 2.06. The summed E-state index contributed by atoms with van der Waals surface area (Å²) in [5, 5.41) is 2.07. The van der Waals surface area contributed by atoms with Crippen LogP contribution in [0.3, 0.4) is 0 Å². The molecule has 4 heteroatoms. The molecule has 3 aromatic rings. The Labute approximate surface area is 127 Å². The first-order chi connectivity index (χ1) is 9.24. The van der Waals surface area contributed by atoms with Crippen molar-refractivity contribution in [1.29, 1.82) is 0 Å². The summed E-state index contributed by atoms with van der Waals surface area (Å²) in [6.45, 7) is 0. The Bertz CT molecular complexity index is 726. The van der Waals surface area contributed by atoms with Crippen LogP contribution in [0.2, 0.25) is 0 Å². The minimum Gasteiger partial charge on any atom is -0.438 e. The lowest BCUT2D eigenvalue weighted by molar-refractivity contribution is 0.469. The maximum absolute atomic E-state index is 5.85. The van der Waals surface area contributed by atoms with Crippen LogP contribution in [-0.4, -0.2) is 4.98 Å². The molecule has 94 valence electrons. The quantitative estimate of drug-likeness (QED) is 0.583. The third kappa shape index (κ3) is 2.65. The first-order valence-electron chi connectivity index (χ1n) is 5.71. The number of nitrogens with zero attached hydrogens (tertiary/aromatic N) is 1. The Balaban J connectivity index is 2.06. The van der Waals surface area contributed by atoms with Crippen LogP contribution in [0.5, 0.6) is 11.6 Å². The summed E-state index contributed by atoms with van der Waals surface area (Å²) in [5.74, 6) is 1.38. The van der Waals surface area contributed by atoms with E-state index >= 15 is 0 Å². The van der Waals surface area contributed by atoms with E-state index in [9.17, 15) is 0 Å². The van der Waals surface area contributed by atoms with Gasteiger partial charge in [0.25, 0.3) is 0 Å². The summed E-state index contributed by atoms with van der Waals surface area (Å²) in [5.41, 5.74) is 0. The van der Waals surface area contributed by atoms with Crippen LogP contribution >= 0.6 is 31.9 Å². The lowest BCUT2D eigenvalue weighted by atomic mass is 10.2. The Morgan fingerprint density at radius 3 is 2.42 bits per heavy atom. The SMILES string of the molecule is Brc1ccc(Oc2nccc3c(Br)cccc23)cc1. The molecule has 0 bridgehead atoms. The molecule has 0 aliphatic carbocycles. The zero-order chi connectivity index (χ0) is 13.2. The summed E-state index contributed by atoms with van der Waals surface area (Å²) < 4.78 is 7.91. The summed E-state index contributed by atoms with van der Waals surface area (Å²) in [4.78, 5) is 4.31. The van der Waals surface area contributed by atoms with E-state index in [0.717, 1.165) is 25.5 Å². The highest BCUT2D eigenvalue weighted by atomic mass is 79.9. The van der Waals surface area contributed by atoms with Crippen molar-refractivity contribution in [2.75, 3.05) is 0 Å². The van der Waals surface area contributed by atoms with Crippen LogP contribution in [0.25, 0.3) is 10.8 Å². The molecule has 1 heterocycles. The second kappa shape index (κ2) is 5.31. The van der Waals surface area contributed by atoms with E-state index in [1.165, 1.54) is 0 Å². The lowest BCUT2D eigenvalue weighted by Gasteiger charge is -2.08. The normalized spacial score (nSPS) is 10.6. The van der Waals surface area contributed by atoms with E-state index in [1.807, 2.05) is 48.5 Å². The number of halogens is 2. The Kier molecular flexibility index (Phi) is 3.53. The van der Waals surface area contributed by atoms with Crippen LogP contribution in [0.1, 0.15) is 0 Å². The first kappa shape index (κ1) is 12.6. The predicted octanol–water partition coefficient (Wildman–Crippen LogP) is 5.55. The zero-order valence-electron chi connectivity index (χ0n) is 9.81. The number of benzene rings is 2. The molecule has 0 fully saturated rings. The van der Waals surface area contributed by atoms with Crippen molar-refractivity contribution in [3.63, 3.8) is 0 Å². The van der Waals surface area contributed by atoms with Crippen molar-refractivity contribution in [2.45, 2.75) is 0 Å². The molecule has 2 aromatic carbocycles. The number of hydrogen-bond donors (Lipinski definition) is 0. The molecule has 2 nitrogen and oxygen atoms in total. The van der Waals surface area contributed by atoms with Gasteiger partial charge < -0.3 is 4.74 Å². The van der Waals surface area contributed by atoms with Crippen LogP contribution in [0.4, 0.5) is 0 Å². The molecule has 0 atom stereocenters. The van der Waals surface area contributed by atoms with Gasteiger partial charge in [-0.1, -0.05) is 37.9 Å². The van der Waals surface area contributed by atoms with Crippen LogP contribution < -0.4 is 4.74 Å². The van der Waals surface area contributed by atoms with Crippen LogP contribution in [0, 0.1) is 0 Å². The average Bonchev–Trinajstić information content (AvgIpc) is 2.43. The predicted molar refractivity (Wildman–Crippen MR) is 83.7 cm³/mol. The van der Waals surface area contributed by atoms with Gasteiger partial charge in [0.05, 0.1) is 0 Å². The van der Waals surface area contributed by atoms with Crippen molar-refractivity contribution in [1.82, 2.24) is 4.98 Å². The molecule has 1 aromatic heterocycles. The summed E-state index contributed by atoms with van der Waals surface area (Å²) in [6.07, 6.45) is 1.75. The number of hydrogen-bond acceptors (Lipinski definition) is 2. The molecule has 0 spiro atoms. The molecule has 0 saturated carbocycles. The molecule has 0 amide bonds. The highest BCUT2D eigenvalue weighted by Crippen LogP contribution is 2.31. The molecule has 3 rings (SSSR count). The monoisotopic (exact) mass is 377 g/mol. The first-order valence-corrected chi connectivity index (χ1v) is 7.29. The topological polar surface area (TPSA) is 22.1 Å². The van der Waals surface area contributed by atoms with E-state index < -0.39 is 0 Å². The van der Waals surface area contributed by atoms with E-state index in [2.05, 4.69) is 36.8 Å². The standard InChI is InChI=1S/C15H9Br2NO/c16-10-4-6-11(7-5-10)19-15-13-2-1-3-14(17)12(13)8-9-18-15/h1-9H. The fourth-order valence-electron chi connectivity index (χ4n) is 1.84.